The highest BCUT2D eigenvalue weighted by atomic mass is 28.4. The van der Waals surface area contributed by atoms with Crippen LogP contribution >= 0.6 is 0 Å². The first kappa shape index (κ1) is 29.8. The predicted molar refractivity (Wildman–Crippen MR) is 161 cm³/mol. The third-order valence-corrected chi connectivity index (χ3v) is 17.5. The highest BCUT2D eigenvalue weighted by molar-refractivity contribution is 6.99. The van der Waals surface area contributed by atoms with Gasteiger partial charge in [-0.25, -0.2) is 0 Å². The van der Waals surface area contributed by atoms with Crippen LogP contribution in [0.1, 0.15) is 48.0 Å². The van der Waals surface area contributed by atoms with Crippen molar-refractivity contribution in [1.82, 2.24) is 0 Å². The zero-order valence-electron chi connectivity index (χ0n) is 24.1. The Bertz CT molecular complexity index is 946. The Balaban J connectivity index is 2.60. The van der Waals surface area contributed by atoms with Crippen LogP contribution in [0.3, 0.4) is 0 Å². The summed E-state index contributed by atoms with van der Waals surface area (Å²) in [6, 6.07) is 21.8. The van der Waals surface area contributed by atoms with E-state index in [9.17, 15) is 0 Å². The van der Waals surface area contributed by atoms with E-state index in [1.54, 1.807) is 0 Å². The van der Waals surface area contributed by atoms with Gasteiger partial charge in [-0.1, -0.05) is 122 Å². The van der Waals surface area contributed by atoms with Crippen molar-refractivity contribution in [2.45, 2.75) is 96.9 Å². The molecule has 0 amide bonds. The maximum atomic E-state index is 7.45. The van der Waals surface area contributed by atoms with Crippen molar-refractivity contribution >= 4 is 35.1 Å². The van der Waals surface area contributed by atoms with Gasteiger partial charge in [-0.3, -0.25) is 0 Å². The first-order chi connectivity index (χ1) is 16.0. The summed E-state index contributed by atoms with van der Waals surface area (Å²) in [6.07, 6.45) is 0.614. The maximum Gasteiger partial charge on any atom is 0.261 e. The molecule has 0 radical (unpaired) electrons. The first-order valence-electron chi connectivity index (χ1n) is 12.9. The summed E-state index contributed by atoms with van der Waals surface area (Å²) in [6.45, 7) is 26.0. The number of hydrogen-bond donors (Lipinski definition) is 0. The van der Waals surface area contributed by atoms with E-state index in [2.05, 4.69) is 146 Å². The second kappa shape index (κ2) is 11.3. The molecule has 5 heteroatoms. The molecule has 192 valence electrons. The van der Waals surface area contributed by atoms with Gasteiger partial charge >= 0.3 is 0 Å². The average molecular weight is 525 g/mol. The summed E-state index contributed by atoms with van der Waals surface area (Å²) in [5, 5.41) is 2.68. The van der Waals surface area contributed by atoms with Crippen LogP contribution in [0.5, 0.6) is 0 Å². The molecular weight excluding hydrogens is 477 g/mol. The Hall–Kier alpha value is -1.43. The normalized spacial score (nSPS) is 14.3. The van der Waals surface area contributed by atoms with Gasteiger partial charge in [0.2, 0.25) is 0 Å². The minimum atomic E-state index is -2.67. The molecule has 0 aliphatic rings. The summed E-state index contributed by atoms with van der Waals surface area (Å²) >= 11 is 0. The standard InChI is InChI=1S/C30H48O2Si3/c1-29(2,3)34(10,11)31-25-26(19-18-24-33(7,8)9)32-35(30(4,5)6,27-20-14-12-15-21-27)28-22-16-13-17-23-28/h12-17,20-23,26H,19,25H2,1-11H3/t26-/m1/s1. The SMILES string of the molecule is CC(C)(C)[Si](C)(C)OC[C@@H](CC#C[Si](C)(C)C)O[Si](c1ccccc1)(c1ccccc1)C(C)(C)C. The summed E-state index contributed by atoms with van der Waals surface area (Å²) in [5.41, 5.74) is 3.56. The van der Waals surface area contributed by atoms with Crippen LogP contribution in [-0.4, -0.2) is 37.4 Å². The van der Waals surface area contributed by atoms with Gasteiger partial charge in [0.05, 0.1) is 12.7 Å². The molecule has 2 aromatic rings. The highest BCUT2D eigenvalue weighted by Gasteiger charge is 2.51. The Labute approximate surface area is 219 Å². The fourth-order valence-corrected chi connectivity index (χ4v) is 10.4. The third-order valence-electron chi connectivity index (χ3n) is 6.99. The van der Waals surface area contributed by atoms with Crippen molar-refractivity contribution in [2.24, 2.45) is 0 Å². The smallest absolute Gasteiger partial charge is 0.261 e. The van der Waals surface area contributed by atoms with E-state index in [4.69, 9.17) is 8.85 Å². The van der Waals surface area contributed by atoms with Gasteiger partial charge in [0, 0.05) is 6.42 Å². The molecule has 2 rings (SSSR count). The zero-order chi connectivity index (χ0) is 26.5. The lowest BCUT2D eigenvalue weighted by Crippen LogP contribution is -2.68. The second-order valence-corrected chi connectivity index (χ2v) is 27.0. The maximum absolute atomic E-state index is 7.45. The molecule has 0 saturated heterocycles. The largest absolute Gasteiger partial charge is 0.414 e. The molecule has 0 N–H and O–H groups in total. The molecule has 0 fully saturated rings. The van der Waals surface area contributed by atoms with Crippen LogP contribution < -0.4 is 10.4 Å². The molecule has 0 heterocycles. The molecule has 0 saturated carbocycles. The second-order valence-electron chi connectivity index (χ2n) is 13.2. The molecule has 0 bridgehead atoms. The Kier molecular flexibility index (Phi) is 9.63. The topological polar surface area (TPSA) is 18.5 Å². The Morgan fingerprint density at radius 2 is 1.17 bits per heavy atom. The molecule has 0 aliphatic carbocycles. The lowest BCUT2D eigenvalue weighted by molar-refractivity contribution is 0.115. The van der Waals surface area contributed by atoms with Crippen molar-refractivity contribution in [3.05, 3.63) is 60.7 Å². The van der Waals surface area contributed by atoms with Crippen LogP contribution in [0.4, 0.5) is 0 Å². The highest BCUT2D eigenvalue weighted by Crippen LogP contribution is 2.39. The molecule has 2 aromatic carbocycles. The van der Waals surface area contributed by atoms with Crippen molar-refractivity contribution in [3.63, 3.8) is 0 Å². The molecule has 0 unspecified atom stereocenters. The van der Waals surface area contributed by atoms with Gasteiger partial charge in [0.1, 0.15) is 8.07 Å². The van der Waals surface area contributed by atoms with E-state index in [0.29, 0.717) is 13.0 Å². The van der Waals surface area contributed by atoms with Crippen LogP contribution in [0.15, 0.2) is 60.7 Å². The van der Waals surface area contributed by atoms with Gasteiger partial charge in [-0.15, -0.1) is 11.5 Å². The van der Waals surface area contributed by atoms with E-state index < -0.39 is 24.7 Å². The number of hydrogen-bond acceptors (Lipinski definition) is 2. The van der Waals surface area contributed by atoms with Crippen molar-refractivity contribution in [2.75, 3.05) is 6.61 Å². The van der Waals surface area contributed by atoms with E-state index in [0.717, 1.165) is 0 Å². The predicted octanol–water partition coefficient (Wildman–Crippen LogP) is 7.22. The van der Waals surface area contributed by atoms with Gasteiger partial charge in [0.15, 0.2) is 8.32 Å². The van der Waals surface area contributed by atoms with E-state index >= 15 is 0 Å². The van der Waals surface area contributed by atoms with Gasteiger partial charge in [-0.05, 0) is 33.5 Å². The monoisotopic (exact) mass is 524 g/mol. The van der Waals surface area contributed by atoms with Crippen molar-refractivity contribution < 1.29 is 8.85 Å². The summed E-state index contributed by atoms with van der Waals surface area (Å²) in [4.78, 5) is 0. The fraction of sp³-hybridized carbons (Fsp3) is 0.533. The van der Waals surface area contributed by atoms with Gasteiger partial charge in [-0.2, -0.15) is 0 Å². The minimum absolute atomic E-state index is 0.0723. The van der Waals surface area contributed by atoms with Crippen molar-refractivity contribution in [3.8, 4) is 11.5 Å². The van der Waals surface area contributed by atoms with Crippen molar-refractivity contribution in [1.29, 1.82) is 0 Å². The summed E-state index contributed by atoms with van der Waals surface area (Å²) in [5.74, 6) is 3.52. The summed E-state index contributed by atoms with van der Waals surface area (Å²) < 4.78 is 14.2. The first-order valence-corrected chi connectivity index (χ1v) is 21.2. The van der Waals surface area contributed by atoms with Crippen LogP contribution in [0, 0.1) is 11.5 Å². The molecule has 1 atom stereocenters. The average Bonchev–Trinajstić information content (AvgIpc) is 2.74. The molecule has 0 aliphatic heterocycles. The lowest BCUT2D eigenvalue weighted by atomic mass is 10.2. The summed E-state index contributed by atoms with van der Waals surface area (Å²) in [7, 11) is -6.07. The van der Waals surface area contributed by atoms with Crippen LogP contribution in [0.25, 0.3) is 0 Å². The van der Waals surface area contributed by atoms with E-state index in [1.165, 1.54) is 10.4 Å². The minimum Gasteiger partial charge on any atom is -0.414 e. The van der Waals surface area contributed by atoms with Gasteiger partial charge < -0.3 is 8.85 Å². The molecular formula is C30H48O2Si3. The molecule has 0 aromatic heterocycles. The number of benzene rings is 2. The fourth-order valence-electron chi connectivity index (χ4n) is 4.02. The molecule has 35 heavy (non-hydrogen) atoms. The zero-order valence-corrected chi connectivity index (χ0v) is 27.1. The quantitative estimate of drug-likeness (QED) is 0.268. The molecule has 2 nitrogen and oxygen atoms in total. The van der Waals surface area contributed by atoms with E-state index in [-0.39, 0.29) is 16.2 Å². The Morgan fingerprint density at radius 3 is 1.54 bits per heavy atom. The Morgan fingerprint density at radius 1 is 0.714 bits per heavy atom. The molecule has 0 spiro atoms. The van der Waals surface area contributed by atoms with Crippen LogP contribution in [0.2, 0.25) is 42.8 Å². The number of rotatable bonds is 8. The van der Waals surface area contributed by atoms with Crippen LogP contribution in [-0.2, 0) is 8.85 Å². The third kappa shape index (κ3) is 7.77. The van der Waals surface area contributed by atoms with E-state index in [1.807, 2.05) is 0 Å². The van der Waals surface area contributed by atoms with Gasteiger partial charge in [0.25, 0.3) is 8.32 Å². The lowest BCUT2D eigenvalue weighted by Gasteiger charge is -2.45.